The number of carbonyl (C=O) groups is 1. The van der Waals surface area contributed by atoms with E-state index in [9.17, 15) is 14.4 Å². The Morgan fingerprint density at radius 2 is 1.95 bits per heavy atom. The van der Waals surface area contributed by atoms with Gasteiger partial charge in [0.2, 0.25) is 11.8 Å². The van der Waals surface area contributed by atoms with Crippen LogP contribution in [0, 0.1) is 17.1 Å². The molecule has 0 spiro atoms. The number of aromatic nitrogens is 2. The van der Waals surface area contributed by atoms with Crippen molar-refractivity contribution in [2.75, 3.05) is 38.0 Å². The summed E-state index contributed by atoms with van der Waals surface area (Å²) in [7, 11) is 0. The van der Waals surface area contributed by atoms with Gasteiger partial charge in [-0.15, -0.1) is 0 Å². The monoisotopic (exact) mass is 501 g/mol. The standard InChI is InChI=1S/C27H28FN7O2/c28-21-12-19(6-7-23(21)37-26-24-20(14-29)15-31-25(24)32-17-33-26)13-22(30)27(36)35-10-8-34(9-11-35)16-18-4-2-1-3-5-18/h1-7,12,17,20,22H,8-11,13,15-16,30H2,(H,31,32,33). The molecule has 2 aromatic carbocycles. The van der Waals surface area contributed by atoms with E-state index in [1.807, 2.05) is 18.2 Å². The van der Waals surface area contributed by atoms with Crippen molar-refractivity contribution in [2.24, 2.45) is 5.73 Å². The minimum atomic E-state index is -0.764. The van der Waals surface area contributed by atoms with Crippen LogP contribution in [0.25, 0.3) is 0 Å². The molecule has 9 nitrogen and oxygen atoms in total. The number of ether oxygens (including phenoxy) is 1. The summed E-state index contributed by atoms with van der Waals surface area (Å²) in [5.41, 5.74) is 8.59. The van der Waals surface area contributed by atoms with Gasteiger partial charge >= 0.3 is 0 Å². The lowest BCUT2D eigenvalue weighted by molar-refractivity contribution is -0.134. The quantitative estimate of drug-likeness (QED) is 0.507. The van der Waals surface area contributed by atoms with Crippen LogP contribution in [0.2, 0.25) is 0 Å². The minimum absolute atomic E-state index is 0.0253. The first-order valence-corrected chi connectivity index (χ1v) is 12.3. The van der Waals surface area contributed by atoms with Gasteiger partial charge in [-0.05, 0) is 29.7 Å². The van der Waals surface area contributed by atoms with Crippen molar-refractivity contribution in [3.8, 4) is 17.7 Å². The maximum atomic E-state index is 14.9. The van der Waals surface area contributed by atoms with Crippen molar-refractivity contribution in [1.29, 1.82) is 5.26 Å². The van der Waals surface area contributed by atoms with E-state index < -0.39 is 17.8 Å². The lowest BCUT2D eigenvalue weighted by Crippen LogP contribution is -2.53. The fraction of sp³-hybridized carbons (Fsp3) is 0.333. The Morgan fingerprint density at radius 3 is 2.68 bits per heavy atom. The summed E-state index contributed by atoms with van der Waals surface area (Å²) in [6, 6.07) is 16.2. The van der Waals surface area contributed by atoms with Crippen LogP contribution in [0.4, 0.5) is 10.2 Å². The molecule has 5 rings (SSSR count). The predicted octanol–water partition coefficient (Wildman–Crippen LogP) is 2.65. The molecular formula is C27H28FN7O2. The molecule has 0 saturated carbocycles. The van der Waals surface area contributed by atoms with Gasteiger partial charge in [-0.3, -0.25) is 9.69 Å². The van der Waals surface area contributed by atoms with Crippen LogP contribution in [-0.4, -0.2) is 64.4 Å². The Hall–Kier alpha value is -4.07. The van der Waals surface area contributed by atoms with E-state index in [2.05, 4.69) is 38.4 Å². The minimum Gasteiger partial charge on any atom is -0.435 e. The number of piperazine rings is 1. The van der Waals surface area contributed by atoms with Crippen molar-refractivity contribution in [3.63, 3.8) is 0 Å². The van der Waals surface area contributed by atoms with Gasteiger partial charge in [0.25, 0.3) is 0 Å². The molecule has 10 heteroatoms. The number of carbonyl (C=O) groups excluding carboxylic acids is 1. The Balaban J connectivity index is 1.17. The number of nitriles is 1. The summed E-state index contributed by atoms with van der Waals surface area (Å²) < 4.78 is 20.6. The number of hydrogen-bond donors (Lipinski definition) is 2. The molecule has 1 fully saturated rings. The first-order chi connectivity index (χ1) is 18.0. The molecule has 1 amide bonds. The number of rotatable bonds is 7. The van der Waals surface area contributed by atoms with Crippen LogP contribution in [0.3, 0.4) is 0 Å². The van der Waals surface area contributed by atoms with Crippen LogP contribution in [0.5, 0.6) is 11.6 Å². The van der Waals surface area contributed by atoms with Gasteiger partial charge in [0.15, 0.2) is 11.6 Å². The molecule has 3 heterocycles. The number of fused-ring (bicyclic) bond motifs is 1. The van der Waals surface area contributed by atoms with Crippen molar-refractivity contribution < 1.29 is 13.9 Å². The molecule has 3 N–H and O–H groups in total. The fourth-order valence-corrected chi connectivity index (χ4v) is 4.73. The first kappa shape index (κ1) is 24.6. The molecule has 190 valence electrons. The van der Waals surface area contributed by atoms with Gasteiger partial charge < -0.3 is 20.7 Å². The number of anilines is 1. The Labute approximate surface area is 214 Å². The molecule has 0 radical (unpaired) electrons. The van der Waals surface area contributed by atoms with Crippen molar-refractivity contribution in [2.45, 2.75) is 24.9 Å². The molecule has 0 bridgehead atoms. The topological polar surface area (TPSA) is 120 Å². The molecule has 2 aliphatic rings. The Bertz CT molecular complexity index is 1310. The van der Waals surface area contributed by atoms with E-state index in [4.69, 9.17) is 10.5 Å². The van der Waals surface area contributed by atoms with Gasteiger partial charge in [0.05, 0.1) is 23.6 Å². The summed E-state index contributed by atoms with van der Waals surface area (Å²) in [5, 5.41) is 12.4. The molecule has 1 saturated heterocycles. The molecule has 3 aromatic rings. The van der Waals surface area contributed by atoms with Crippen LogP contribution in [0.1, 0.15) is 22.6 Å². The summed E-state index contributed by atoms with van der Waals surface area (Å²) in [4.78, 5) is 25.3. The Kier molecular flexibility index (Phi) is 7.25. The fourth-order valence-electron chi connectivity index (χ4n) is 4.73. The maximum absolute atomic E-state index is 14.9. The number of benzene rings is 2. The predicted molar refractivity (Wildman–Crippen MR) is 135 cm³/mol. The summed E-state index contributed by atoms with van der Waals surface area (Å²) in [5.74, 6) is -0.573. The zero-order chi connectivity index (χ0) is 25.8. The van der Waals surface area contributed by atoms with Crippen molar-refractivity contribution in [1.82, 2.24) is 19.8 Å². The highest BCUT2D eigenvalue weighted by Crippen LogP contribution is 2.37. The molecule has 2 atom stereocenters. The molecular weight excluding hydrogens is 473 g/mol. The SMILES string of the molecule is N#CC1CNc2ncnc(Oc3ccc(CC(N)C(=O)N4CCN(Cc5ccccc5)CC4)cc3F)c21. The maximum Gasteiger partial charge on any atom is 0.239 e. The van der Waals surface area contributed by atoms with Crippen LogP contribution in [0.15, 0.2) is 54.9 Å². The third-order valence-corrected chi connectivity index (χ3v) is 6.73. The molecule has 0 aliphatic carbocycles. The van der Waals surface area contributed by atoms with E-state index in [0.29, 0.717) is 36.6 Å². The van der Waals surface area contributed by atoms with E-state index in [1.165, 1.54) is 24.0 Å². The normalized spacial score (nSPS) is 18.0. The average Bonchev–Trinajstić information content (AvgIpc) is 3.35. The van der Waals surface area contributed by atoms with Gasteiger partial charge in [0.1, 0.15) is 12.1 Å². The summed E-state index contributed by atoms with van der Waals surface area (Å²) >= 11 is 0. The Morgan fingerprint density at radius 1 is 1.16 bits per heavy atom. The van der Waals surface area contributed by atoms with E-state index in [0.717, 1.165) is 19.6 Å². The van der Waals surface area contributed by atoms with E-state index in [-0.39, 0.29) is 24.0 Å². The smallest absolute Gasteiger partial charge is 0.239 e. The van der Waals surface area contributed by atoms with E-state index in [1.54, 1.807) is 11.0 Å². The van der Waals surface area contributed by atoms with Crippen molar-refractivity contribution in [3.05, 3.63) is 77.4 Å². The summed E-state index contributed by atoms with van der Waals surface area (Å²) in [6.45, 7) is 4.04. The highest BCUT2D eigenvalue weighted by Gasteiger charge is 2.29. The third-order valence-electron chi connectivity index (χ3n) is 6.73. The van der Waals surface area contributed by atoms with Crippen molar-refractivity contribution >= 4 is 11.7 Å². The second kappa shape index (κ2) is 10.9. The highest BCUT2D eigenvalue weighted by atomic mass is 19.1. The number of nitrogens with one attached hydrogen (secondary N) is 1. The van der Waals surface area contributed by atoms with Gasteiger partial charge in [-0.25, -0.2) is 14.4 Å². The first-order valence-electron chi connectivity index (χ1n) is 12.3. The number of nitrogens with two attached hydrogens (primary N) is 1. The number of nitrogens with zero attached hydrogens (tertiary/aromatic N) is 5. The number of halogens is 1. The molecule has 1 aromatic heterocycles. The molecule has 2 unspecified atom stereocenters. The molecule has 37 heavy (non-hydrogen) atoms. The number of amides is 1. The highest BCUT2D eigenvalue weighted by molar-refractivity contribution is 5.82. The lowest BCUT2D eigenvalue weighted by atomic mass is 10.0. The van der Waals surface area contributed by atoms with Gasteiger partial charge in [-0.2, -0.15) is 5.26 Å². The summed E-state index contributed by atoms with van der Waals surface area (Å²) in [6.07, 6.45) is 1.52. The second-order valence-electron chi connectivity index (χ2n) is 9.27. The van der Waals surface area contributed by atoms with Crippen LogP contribution < -0.4 is 15.8 Å². The van der Waals surface area contributed by atoms with Gasteiger partial charge in [-0.1, -0.05) is 36.4 Å². The van der Waals surface area contributed by atoms with Gasteiger partial charge in [0, 0.05) is 39.3 Å². The lowest BCUT2D eigenvalue weighted by Gasteiger charge is -2.36. The number of hydrogen-bond acceptors (Lipinski definition) is 8. The van der Waals surface area contributed by atoms with Crippen LogP contribution in [-0.2, 0) is 17.8 Å². The zero-order valence-corrected chi connectivity index (χ0v) is 20.3. The van der Waals surface area contributed by atoms with E-state index >= 15 is 0 Å². The average molecular weight is 502 g/mol. The molecule has 2 aliphatic heterocycles. The largest absolute Gasteiger partial charge is 0.435 e. The zero-order valence-electron chi connectivity index (χ0n) is 20.3. The van der Waals surface area contributed by atoms with Crippen LogP contribution >= 0.6 is 0 Å². The second-order valence-corrected chi connectivity index (χ2v) is 9.27. The third kappa shape index (κ3) is 5.53.